The minimum Gasteiger partial charge on any atom is -0.438 e. The Labute approximate surface area is 221 Å². The molecule has 0 radical (unpaired) electrons. The zero-order chi connectivity index (χ0) is 25.3. The molecule has 2 heterocycles. The lowest BCUT2D eigenvalue weighted by Gasteiger charge is -2.26. The summed E-state index contributed by atoms with van der Waals surface area (Å²) in [5, 5.41) is 2.06. The average Bonchev–Trinajstić information content (AvgIpc) is 3.38. The summed E-state index contributed by atoms with van der Waals surface area (Å²) in [4.78, 5) is 6.85. The highest BCUT2D eigenvalue weighted by Gasteiger charge is 2.20. The zero-order valence-corrected chi connectivity index (χ0v) is 20.7. The molecule has 7 rings (SSSR count). The van der Waals surface area contributed by atoms with Crippen molar-refractivity contribution in [2.45, 2.75) is 0 Å². The van der Waals surface area contributed by atoms with Crippen molar-refractivity contribution in [3.8, 4) is 22.3 Å². The molecule has 0 amide bonds. The molecular weight excluding hydrogens is 464 g/mol. The highest BCUT2D eigenvalue weighted by molar-refractivity contribution is 6.12. The van der Waals surface area contributed by atoms with Gasteiger partial charge in [-0.3, -0.25) is 0 Å². The Bertz CT molecular complexity index is 1760. The average molecular weight is 489 g/mol. The van der Waals surface area contributed by atoms with Gasteiger partial charge < -0.3 is 9.32 Å². The van der Waals surface area contributed by atoms with Gasteiger partial charge in [-0.05, 0) is 58.7 Å². The van der Waals surface area contributed by atoms with Gasteiger partial charge in [-0.15, -0.1) is 0 Å². The minimum atomic E-state index is 0.635. The fourth-order valence-electron chi connectivity index (χ4n) is 5.11. The predicted molar refractivity (Wildman–Crippen MR) is 157 cm³/mol. The van der Waals surface area contributed by atoms with Gasteiger partial charge in [0.1, 0.15) is 5.58 Å². The van der Waals surface area contributed by atoms with Gasteiger partial charge in [-0.25, -0.2) is 4.98 Å². The quantitative estimate of drug-likeness (QED) is 0.241. The number of pyridine rings is 1. The number of para-hydroxylation sites is 1. The molecule has 180 valence electrons. The third-order valence-electron chi connectivity index (χ3n) is 6.96. The van der Waals surface area contributed by atoms with Crippen molar-refractivity contribution in [1.29, 1.82) is 0 Å². The first kappa shape index (κ1) is 22.1. The molecule has 5 aromatic carbocycles. The molecule has 0 saturated carbocycles. The maximum atomic E-state index is 6.13. The molecule has 0 saturated heterocycles. The Morgan fingerprint density at radius 1 is 0.474 bits per heavy atom. The molecule has 3 heteroatoms. The summed E-state index contributed by atoms with van der Waals surface area (Å²) < 4.78 is 6.13. The van der Waals surface area contributed by atoms with Crippen molar-refractivity contribution in [2.24, 2.45) is 0 Å². The molecule has 0 aliphatic heterocycles. The van der Waals surface area contributed by atoms with Crippen LogP contribution in [0.3, 0.4) is 0 Å². The molecule has 0 aliphatic carbocycles. The van der Waals surface area contributed by atoms with Crippen LogP contribution in [-0.4, -0.2) is 4.98 Å². The van der Waals surface area contributed by atoms with E-state index in [1.165, 1.54) is 22.3 Å². The van der Waals surface area contributed by atoms with Gasteiger partial charge in [0.2, 0.25) is 5.71 Å². The standard InChI is InChI=1S/C35H24N2O/c1-3-9-25(10-4-1)27-15-19-29(20-16-27)37(30-21-17-28(18-22-30)26-11-5-2-6-12-26)32-23-24-36-35-34(32)31-13-7-8-14-33(31)38-35/h1-24H. The number of hydrogen-bond acceptors (Lipinski definition) is 3. The van der Waals surface area contributed by atoms with Crippen LogP contribution >= 0.6 is 0 Å². The predicted octanol–water partition coefficient (Wildman–Crippen LogP) is 9.78. The van der Waals surface area contributed by atoms with Gasteiger partial charge in [0.25, 0.3) is 0 Å². The second-order valence-corrected chi connectivity index (χ2v) is 9.27. The summed E-state index contributed by atoms with van der Waals surface area (Å²) in [6.45, 7) is 0. The van der Waals surface area contributed by atoms with Crippen molar-refractivity contribution in [3.05, 3.63) is 146 Å². The molecule has 2 aromatic heterocycles. The second-order valence-electron chi connectivity index (χ2n) is 9.27. The molecule has 0 N–H and O–H groups in total. The zero-order valence-electron chi connectivity index (χ0n) is 20.7. The monoisotopic (exact) mass is 488 g/mol. The Morgan fingerprint density at radius 2 is 0.974 bits per heavy atom. The molecule has 38 heavy (non-hydrogen) atoms. The summed E-state index contributed by atoms with van der Waals surface area (Å²) >= 11 is 0. The van der Waals surface area contributed by atoms with Crippen LogP contribution in [0.15, 0.2) is 150 Å². The van der Waals surface area contributed by atoms with E-state index in [0.29, 0.717) is 5.71 Å². The van der Waals surface area contributed by atoms with E-state index in [2.05, 4.69) is 119 Å². The van der Waals surface area contributed by atoms with Crippen LogP contribution in [0, 0.1) is 0 Å². The minimum absolute atomic E-state index is 0.635. The maximum absolute atomic E-state index is 6.13. The van der Waals surface area contributed by atoms with Crippen molar-refractivity contribution >= 4 is 39.1 Å². The van der Waals surface area contributed by atoms with Gasteiger partial charge in [0.05, 0.1) is 11.1 Å². The van der Waals surface area contributed by atoms with Crippen LogP contribution in [0.5, 0.6) is 0 Å². The largest absolute Gasteiger partial charge is 0.438 e. The number of anilines is 3. The van der Waals surface area contributed by atoms with Gasteiger partial charge in [-0.1, -0.05) is 103 Å². The first-order chi connectivity index (χ1) is 18.8. The Morgan fingerprint density at radius 3 is 1.55 bits per heavy atom. The molecule has 0 fully saturated rings. The smallest absolute Gasteiger partial charge is 0.229 e. The van der Waals surface area contributed by atoms with Crippen molar-refractivity contribution in [3.63, 3.8) is 0 Å². The van der Waals surface area contributed by atoms with E-state index in [-0.39, 0.29) is 0 Å². The van der Waals surface area contributed by atoms with Gasteiger partial charge in [0.15, 0.2) is 0 Å². The van der Waals surface area contributed by atoms with E-state index < -0.39 is 0 Å². The van der Waals surface area contributed by atoms with E-state index in [1.807, 2.05) is 36.5 Å². The topological polar surface area (TPSA) is 29.3 Å². The molecular formula is C35H24N2O. The van der Waals surface area contributed by atoms with Crippen LogP contribution in [0.25, 0.3) is 44.3 Å². The molecule has 7 aromatic rings. The van der Waals surface area contributed by atoms with E-state index >= 15 is 0 Å². The number of rotatable bonds is 5. The Kier molecular flexibility index (Phi) is 5.45. The van der Waals surface area contributed by atoms with Crippen LogP contribution in [-0.2, 0) is 0 Å². The third-order valence-corrected chi connectivity index (χ3v) is 6.96. The molecule has 0 atom stereocenters. The molecule has 0 aliphatic rings. The lowest BCUT2D eigenvalue weighted by atomic mass is 10.0. The van der Waals surface area contributed by atoms with Gasteiger partial charge in [0, 0.05) is 23.0 Å². The first-order valence-corrected chi connectivity index (χ1v) is 12.7. The summed E-state index contributed by atoms with van der Waals surface area (Å²) in [6, 6.07) is 48.6. The summed E-state index contributed by atoms with van der Waals surface area (Å²) in [5.74, 6) is 0. The van der Waals surface area contributed by atoms with Crippen LogP contribution in [0.1, 0.15) is 0 Å². The second kappa shape index (κ2) is 9.38. The lowest BCUT2D eigenvalue weighted by Crippen LogP contribution is -2.10. The van der Waals surface area contributed by atoms with Crippen LogP contribution in [0.4, 0.5) is 17.1 Å². The maximum Gasteiger partial charge on any atom is 0.229 e. The SMILES string of the molecule is c1ccc(-c2ccc(N(c3ccc(-c4ccccc4)cc3)c3ccnc4oc5ccccc5c34)cc2)cc1. The van der Waals surface area contributed by atoms with Crippen LogP contribution < -0.4 is 4.90 Å². The number of fused-ring (bicyclic) bond motifs is 3. The van der Waals surface area contributed by atoms with E-state index in [0.717, 1.165) is 33.4 Å². The first-order valence-electron chi connectivity index (χ1n) is 12.7. The Hall–Kier alpha value is -5.15. The van der Waals surface area contributed by atoms with Gasteiger partial charge in [-0.2, -0.15) is 0 Å². The van der Waals surface area contributed by atoms with Crippen molar-refractivity contribution in [1.82, 2.24) is 4.98 Å². The fourth-order valence-corrected chi connectivity index (χ4v) is 5.11. The Balaban J connectivity index is 1.40. The third kappa shape index (κ3) is 3.91. The highest BCUT2D eigenvalue weighted by Crippen LogP contribution is 2.42. The number of furan rings is 1. The van der Waals surface area contributed by atoms with Crippen molar-refractivity contribution in [2.75, 3.05) is 4.90 Å². The summed E-state index contributed by atoms with van der Waals surface area (Å²) in [5.41, 5.74) is 9.39. The molecule has 0 bridgehead atoms. The van der Waals surface area contributed by atoms with E-state index in [1.54, 1.807) is 0 Å². The molecule has 0 unspecified atom stereocenters. The van der Waals surface area contributed by atoms with Gasteiger partial charge >= 0.3 is 0 Å². The van der Waals surface area contributed by atoms with E-state index in [9.17, 15) is 0 Å². The highest BCUT2D eigenvalue weighted by atomic mass is 16.3. The summed E-state index contributed by atoms with van der Waals surface area (Å²) in [7, 11) is 0. The summed E-state index contributed by atoms with van der Waals surface area (Å²) in [6.07, 6.45) is 1.82. The number of hydrogen-bond donors (Lipinski definition) is 0. The lowest BCUT2D eigenvalue weighted by molar-refractivity contribution is 0.654. The fraction of sp³-hybridized carbons (Fsp3) is 0. The van der Waals surface area contributed by atoms with Crippen molar-refractivity contribution < 1.29 is 4.42 Å². The normalized spacial score (nSPS) is 11.2. The van der Waals surface area contributed by atoms with Crippen LogP contribution in [0.2, 0.25) is 0 Å². The molecule has 0 spiro atoms. The number of aromatic nitrogens is 1. The number of nitrogens with zero attached hydrogens (tertiary/aromatic N) is 2. The molecule has 3 nitrogen and oxygen atoms in total. The van der Waals surface area contributed by atoms with E-state index in [4.69, 9.17) is 4.42 Å². The number of benzene rings is 5.